The molecular weight excluding hydrogens is 1060 g/mol. The highest BCUT2D eigenvalue weighted by Gasteiger charge is 2.45. The Hall–Kier alpha value is -7.90. The van der Waals surface area contributed by atoms with Crippen LogP contribution >= 0.6 is 0 Å². The standard InChI is InChI=1S/C52H70N20O10/c1-69-17-29(55-21-69)11-13-53-51-65-47(39-49(67-51)71(23-57-39)33-15-31(41(77)43(33)79)63-35(75)19-73)61-27-7-3-25(4-8-27)59-37-38(46(82)45(37)81)60-26-5-9-28(10-6-26)62-48-40-50(68-52(66-48)54-14-12-30-18-70(2)22-56-30)72(24-58-40)34-16-32(42(78)44(34)80)64-36(76)20-74/h17-18,21-28,31-34,41-44,59-60,73-74,77-80H,3-16,19-20H2,1-2H3,(H,63,75)(H,64,76)(H2,53,61,65,67)(H2,54,62,66,68)/t25-,26-,27-,28-,31-,32-,33+,34+,41+,42+,43-,44-/m0/s1. The maximum atomic E-state index is 13.1. The zero-order valence-corrected chi connectivity index (χ0v) is 45.4. The van der Waals surface area contributed by atoms with Crippen LogP contribution in [0.3, 0.4) is 0 Å². The maximum absolute atomic E-state index is 13.1. The Balaban J connectivity index is 0.719. The van der Waals surface area contributed by atoms with Crippen LogP contribution in [0.2, 0.25) is 0 Å². The SMILES string of the molecule is Cn1cnc(CCNc2nc(N[C@H]3CC[C@H](Nc4c(N[C@H]5CC[C@H](Nc6nc(NCCc7cn(C)cn7)nc7c6ncn7[C@@H]6C[C@H](NC(=O)CO)[C@@H](O)[C@H]6O)CC5)c(=O)c4=O)CC3)c3ncn([C@@H]4C[C@H](NC(=O)CO)[C@@H](O)[C@H]4O)c3n2)c1. The van der Waals surface area contributed by atoms with Gasteiger partial charge in [-0.2, -0.15) is 19.9 Å². The van der Waals surface area contributed by atoms with Crippen LogP contribution in [-0.4, -0.2) is 188 Å². The Labute approximate surface area is 468 Å². The Morgan fingerprint density at radius 2 is 0.902 bits per heavy atom. The topological polar surface area (TPSA) is 409 Å². The van der Waals surface area contributed by atoms with Gasteiger partial charge in [0.2, 0.25) is 23.7 Å². The quantitative estimate of drug-likeness (QED) is 0.0336. The molecule has 4 saturated carbocycles. The van der Waals surface area contributed by atoms with Gasteiger partial charge in [-0.15, -0.1) is 0 Å². The third-order valence-electron chi connectivity index (χ3n) is 16.4. The van der Waals surface area contributed by atoms with E-state index in [4.69, 9.17) is 19.9 Å². The van der Waals surface area contributed by atoms with Crippen molar-refractivity contribution in [3.63, 3.8) is 0 Å². The number of nitrogens with zero attached hydrogens (tertiary/aromatic N) is 12. The van der Waals surface area contributed by atoms with E-state index >= 15 is 0 Å². The molecule has 4 fully saturated rings. The lowest BCUT2D eigenvalue weighted by Crippen LogP contribution is -2.44. The molecule has 8 atom stereocenters. The Kier molecular flexibility index (Phi) is 16.3. The normalized spacial score (nSPS) is 26.5. The molecular formula is C52H70N20O10. The first-order chi connectivity index (χ1) is 39.6. The fraction of sp³-hybridized carbons (Fsp3) is 0.577. The predicted octanol–water partition coefficient (Wildman–Crippen LogP) is -1.70. The van der Waals surface area contributed by atoms with E-state index in [0.29, 0.717) is 135 Å². The van der Waals surface area contributed by atoms with Crippen molar-refractivity contribution in [1.82, 2.24) is 68.8 Å². The van der Waals surface area contributed by atoms with Gasteiger partial charge < -0.3 is 91.4 Å². The van der Waals surface area contributed by atoms with Crippen molar-refractivity contribution in [3.8, 4) is 0 Å². The molecule has 4 aliphatic rings. The molecule has 7 aromatic rings. The lowest BCUT2D eigenvalue weighted by atomic mass is 9.90. The van der Waals surface area contributed by atoms with Gasteiger partial charge in [-0.05, 0) is 64.2 Å². The highest BCUT2D eigenvalue weighted by atomic mass is 16.3. The van der Waals surface area contributed by atoms with Crippen LogP contribution in [0.4, 0.5) is 34.9 Å². The van der Waals surface area contributed by atoms with Crippen LogP contribution in [0.1, 0.15) is 87.7 Å². The van der Waals surface area contributed by atoms with Crippen molar-refractivity contribution >= 4 is 69.0 Å². The van der Waals surface area contributed by atoms with E-state index in [-0.39, 0.29) is 37.0 Å². The van der Waals surface area contributed by atoms with Crippen molar-refractivity contribution in [2.75, 3.05) is 58.2 Å². The first-order valence-electron chi connectivity index (χ1n) is 27.9. The Morgan fingerprint density at radius 1 is 0.524 bits per heavy atom. The molecule has 1 aromatic carbocycles. The second-order valence-electron chi connectivity index (χ2n) is 22.2. The third-order valence-corrected chi connectivity index (χ3v) is 16.4. The minimum absolute atomic E-state index is 0.0432. The van der Waals surface area contributed by atoms with E-state index in [1.807, 2.05) is 35.6 Å². The zero-order chi connectivity index (χ0) is 57.3. The maximum Gasteiger partial charge on any atom is 0.253 e. The molecule has 0 radical (unpaired) electrons. The van der Waals surface area contributed by atoms with Gasteiger partial charge in [-0.3, -0.25) is 19.2 Å². The summed E-state index contributed by atoms with van der Waals surface area (Å²) >= 11 is 0. The lowest BCUT2D eigenvalue weighted by Gasteiger charge is -2.33. The number of fused-ring (bicyclic) bond motifs is 2. The molecule has 0 unspecified atom stereocenters. The highest BCUT2D eigenvalue weighted by molar-refractivity contribution is 5.86. The summed E-state index contributed by atoms with van der Waals surface area (Å²) in [6.45, 7) is -0.572. The summed E-state index contributed by atoms with van der Waals surface area (Å²) in [6, 6.07) is -3.26. The van der Waals surface area contributed by atoms with Gasteiger partial charge in [-0.25, -0.2) is 19.9 Å². The average molecular weight is 1140 g/mol. The molecule has 30 heteroatoms. The van der Waals surface area contributed by atoms with Gasteiger partial charge in [0, 0.05) is 76.6 Å². The molecule has 438 valence electrons. The fourth-order valence-corrected chi connectivity index (χ4v) is 12.1. The molecule has 11 rings (SSSR count). The number of imidazole rings is 4. The Bertz CT molecular complexity index is 3240. The Morgan fingerprint density at radius 3 is 1.26 bits per heavy atom. The zero-order valence-electron chi connectivity index (χ0n) is 45.4. The van der Waals surface area contributed by atoms with E-state index in [1.54, 1.807) is 21.8 Å². The molecule has 82 heavy (non-hydrogen) atoms. The molecule has 0 saturated heterocycles. The number of aryl methyl sites for hydroxylation is 2. The highest BCUT2D eigenvalue weighted by Crippen LogP contribution is 2.38. The summed E-state index contributed by atoms with van der Waals surface area (Å²) in [7, 11) is 3.79. The van der Waals surface area contributed by atoms with E-state index in [9.17, 15) is 49.8 Å². The number of carbonyl (C=O) groups is 2. The second-order valence-corrected chi connectivity index (χ2v) is 22.2. The summed E-state index contributed by atoms with van der Waals surface area (Å²) in [5.41, 5.74) is 2.97. The van der Waals surface area contributed by atoms with Crippen LogP contribution in [0.15, 0.2) is 47.3 Å². The van der Waals surface area contributed by atoms with Gasteiger partial charge in [0.1, 0.15) is 49.0 Å². The number of amides is 2. The van der Waals surface area contributed by atoms with Gasteiger partial charge in [-0.1, -0.05) is 0 Å². The van der Waals surface area contributed by atoms with Gasteiger partial charge in [0.05, 0.1) is 60.9 Å². The third kappa shape index (κ3) is 11.8. The van der Waals surface area contributed by atoms with E-state index in [1.165, 1.54) is 12.7 Å². The van der Waals surface area contributed by atoms with Crippen molar-refractivity contribution in [2.24, 2.45) is 14.1 Å². The number of hydrogen-bond donors (Lipinski definition) is 14. The summed E-state index contributed by atoms with van der Waals surface area (Å²) in [6.07, 6.45) is 12.3. The minimum Gasteiger partial charge on any atom is -0.388 e. The summed E-state index contributed by atoms with van der Waals surface area (Å²) in [5, 5.41) is 88.4. The van der Waals surface area contributed by atoms with E-state index in [2.05, 4.69) is 62.5 Å². The number of hydrogen-bond acceptors (Lipinski definition) is 24. The molecule has 4 aliphatic carbocycles. The average Bonchev–Trinajstić information content (AvgIpc) is 4.30. The van der Waals surface area contributed by atoms with Gasteiger partial charge >= 0.3 is 0 Å². The lowest BCUT2D eigenvalue weighted by molar-refractivity contribution is -0.126. The summed E-state index contributed by atoms with van der Waals surface area (Å²) in [5.74, 6) is 0.230. The number of nitrogens with one attached hydrogen (secondary N) is 8. The summed E-state index contributed by atoms with van der Waals surface area (Å²) in [4.78, 5) is 87.7. The summed E-state index contributed by atoms with van der Waals surface area (Å²) < 4.78 is 7.10. The smallest absolute Gasteiger partial charge is 0.253 e. The van der Waals surface area contributed by atoms with Gasteiger partial charge in [0.25, 0.3) is 10.9 Å². The molecule has 0 spiro atoms. The largest absolute Gasteiger partial charge is 0.388 e. The molecule has 2 amide bonds. The number of aromatic nitrogens is 12. The number of aliphatic hydroxyl groups is 6. The van der Waals surface area contributed by atoms with Crippen LogP contribution in [0, 0.1) is 0 Å². The number of carbonyl (C=O) groups excluding carboxylic acids is 2. The molecule has 0 aliphatic heterocycles. The monoisotopic (exact) mass is 1130 g/mol. The minimum atomic E-state index is -1.29. The van der Waals surface area contributed by atoms with Crippen molar-refractivity contribution in [2.45, 2.75) is 150 Å². The van der Waals surface area contributed by atoms with Crippen molar-refractivity contribution < 1.29 is 40.2 Å². The number of aliphatic hydroxyl groups excluding tert-OH is 6. The van der Waals surface area contributed by atoms with Crippen molar-refractivity contribution in [3.05, 3.63) is 69.5 Å². The first-order valence-corrected chi connectivity index (χ1v) is 27.9. The molecule has 6 aromatic heterocycles. The molecule has 6 heterocycles. The van der Waals surface area contributed by atoms with Crippen molar-refractivity contribution in [1.29, 1.82) is 0 Å². The van der Waals surface area contributed by atoms with Crippen LogP contribution in [0.25, 0.3) is 22.3 Å². The first kappa shape index (κ1) is 56.0. The van der Waals surface area contributed by atoms with E-state index in [0.717, 1.165) is 11.4 Å². The molecule has 0 bridgehead atoms. The van der Waals surface area contributed by atoms with Gasteiger partial charge in [0.15, 0.2) is 34.0 Å². The van der Waals surface area contributed by atoms with Crippen LogP contribution in [0.5, 0.6) is 0 Å². The number of rotatable bonds is 22. The fourth-order valence-electron chi connectivity index (χ4n) is 12.1. The van der Waals surface area contributed by atoms with Crippen LogP contribution in [-0.2, 0) is 36.5 Å². The molecule has 14 N–H and O–H groups in total. The van der Waals surface area contributed by atoms with E-state index < -0.39 is 84.5 Å². The second kappa shape index (κ2) is 23.9. The number of anilines is 6. The van der Waals surface area contributed by atoms with Crippen LogP contribution < -0.4 is 53.4 Å². The predicted molar refractivity (Wildman–Crippen MR) is 299 cm³/mol. The molecule has 30 nitrogen and oxygen atoms in total.